The summed E-state index contributed by atoms with van der Waals surface area (Å²) in [6.07, 6.45) is 3.81. The largest absolute Gasteiger partial charge is 0.454 e. The number of hydrogen-bond donors (Lipinski definition) is 0. The number of rotatable bonds is 7. The van der Waals surface area contributed by atoms with Crippen LogP contribution in [0.5, 0.6) is 0 Å². The Hall–Kier alpha value is -2.92. The first-order valence-corrected chi connectivity index (χ1v) is 9.35. The third-order valence-electron chi connectivity index (χ3n) is 4.64. The molecule has 0 bridgehead atoms. The van der Waals surface area contributed by atoms with Gasteiger partial charge in [-0.3, -0.25) is 9.78 Å². The maximum atomic E-state index is 12.6. The lowest BCUT2D eigenvalue weighted by molar-refractivity contribution is 0.0474. The fourth-order valence-corrected chi connectivity index (χ4v) is 3.22. The number of halogens is 1. The predicted octanol–water partition coefficient (Wildman–Crippen LogP) is 4.44. The molecule has 0 saturated heterocycles. The first-order valence-electron chi connectivity index (χ1n) is 8.97. The van der Waals surface area contributed by atoms with Crippen molar-refractivity contribution in [3.05, 3.63) is 88.0 Å². The summed E-state index contributed by atoms with van der Waals surface area (Å²) in [4.78, 5) is 28.4. The topological polar surface area (TPSA) is 61.2 Å². The van der Waals surface area contributed by atoms with E-state index >= 15 is 0 Å². The van der Waals surface area contributed by atoms with Crippen LogP contribution in [0.25, 0.3) is 0 Å². The van der Waals surface area contributed by atoms with Crippen molar-refractivity contribution in [1.82, 2.24) is 9.55 Å². The standard InChI is InChI=1S/C22H21ClN2O3/c1-15-12-20(21(26)14-28-22(27)18-4-3-10-24-13-18)16(2)25(15)11-9-17-5-7-19(23)8-6-17/h3-8,10,12-13H,9,11,14H2,1-2H3. The molecule has 28 heavy (non-hydrogen) atoms. The average molecular weight is 397 g/mol. The molecule has 3 rings (SSSR count). The fraction of sp³-hybridized carbons (Fsp3) is 0.227. The van der Waals surface area contributed by atoms with Crippen LogP contribution in [0.3, 0.4) is 0 Å². The summed E-state index contributed by atoms with van der Waals surface area (Å²) in [7, 11) is 0. The molecule has 0 saturated carbocycles. The van der Waals surface area contributed by atoms with E-state index < -0.39 is 5.97 Å². The molecule has 0 aliphatic carbocycles. The second kappa shape index (κ2) is 8.85. The van der Waals surface area contributed by atoms with Gasteiger partial charge < -0.3 is 9.30 Å². The zero-order chi connectivity index (χ0) is 20.1. The van der Waals surface area contributed by atoms with E-state index in [1.54, 1.807) is 18.3 Å². The van der Waals surface area contributed by atoms with Gasteiger partial charge in [0, 0.05) is 40.9 Å². The number of carbonyl (C=O) groups is 2. The van der Waals surface area contributed by atoms with Gasteiger partial charge in [-0.05, 0) is 56.2 Å². The van der Waals surface area contributed by atoms with Gasteiger partial charge >= 0.3 is 5.97 Å². The van der Waals surface area contributed by atoms with E-state index in [1.807, 2.05) is 44.2 Å². The summed E-state index contributed by atoms with van der Waals surface area (Å²) in [5.41, 5.74) is 3.94. The Bertz CT molecular complexity index is 979. The van der Waals surface area contributed by atoms with Crippen molar-refractivity contribution in [1.29, 1.82) is 0 Å². The molecule has 6 heteroatoms. The van der Waals surface area contributed by atoms with Crippen molar-refractivity contribution in [2.75, 3.05) is 6.61 Å². The number of pyridine rings is 1. The highest BCUT2D eigenvalue weighted by Crippen LogP contribution is 2.18. The van der Waals surface area contributed by atoms with Gasteiger partial charge in [-0.15, -0.1) is 0 Å². The highest BCUT2D eigenvalue weighted by atomic mass is 35.5. The van der Waals surface area contributed by atoms with Crippen molar-refractivity contribution in [3.63, 3.8) is 0 Å². The van der Waals surface area contributed by atoms with E-state index in [4.69, 9.17) is 16.3 Å². The fourth-order valence-electron chi connectivity index (χ4n) is 3.10. The van der Waals surface area contributed by atoms with Gasteiger partial charge in [-0.2, -0.15) is 0 Å². The van der Waals surface area contributed by atoms with Crippen LogP contribution in [0.15, 0.2) is 54.9 Å². The molecule has 144 valence electrons. The van der Waals surface area contributed by atoms with E-state index in [2.05, 4.69) is 9.55 Å². The minimum absolute atomic E-state index is 0.219. The van der Waals surface area contributed by atoms with Gasteiger partial charge in [0.15, 0.2) is 6.61 Å². The molecule has 0 amide bonds. The first kappa shape index (κ1) is 19.8. The summed E-state index contributed by atoms with van der Waals surface area (Å²) in [5.74, 6) is -0.777. The maximum Gasteiger partial charge on any atom is 0.340 e. The van der Waals surface area contributed by atoms with Gasteiger partial charge in [-0.25, -0.2) is 4.79 Å². The second-order valence-corrected chi connectivity index (χ2v) is 6.99. The molecule has 0 radical (unpaired) electrons. The van der Waals surface area contributed by atoms with E-state index in [0.29, 0.717) is 16.1 Å². The molecule has 0 N–H and O–H groups in total. The molecule has 0 aliphatic rings. The molecule has 0 spiro atoms. The number of esters is 1. The highest BCUT2D eigenvalue weighted by Gasteiger charge is 2.18. The molecule has 0 fully saturated rings. The zero-order valence-corrected chi connectivity index (χ0v) is 16.6. The minimum atomic E-state index is -0.557. The lowest BCUT2D eigenvalue weighted by Crippen LogP contribution is -2.15. The second-order valence-electron chi connectivity index (χ2n) is 6.55. The average Bonchev–Trinajstić information content (AvgIpc) is 3.00. The highest BCUT2D eigenvalue weighted by molar-refractivity contribution is 6.30. The SMILES string of the molecule is Cc1cc(C(=O)COC(=O)c2cccnc2)c(C)n1CCc1ccc(Cl)cc1. The van der Waals surface area contributed by atoms with Gasteiger partial charge in [-0.1, -0.05) is 23.7 Å². The van der Waals surface area contributed by atoms with Crippen LogP contribution in [0.2, 0.25) is 5.02 Å². The van der Waals surface area contributed by atoms with Crippen LogP contribution in [0, 0.1) is 13.8 Å². The summed E-state index contributed by atoms with van der Waals surface area (Å²) < 4.78 is 7.24. The monoisotopic (exact) mass is 396 g/mol. The van der Waals surface area contributed by atoms with Gasteiger partial charge in [0.25, 0.3) is 0 Å². The van der Waals surface area contributed by atoms with Crippen molar-refractivity contribution >= 4 is 23.4 Å². The number of aromatic nitrogens is 2. The van der Waals surface area contributed by atoms with Crippen molar-refractivity contribution in [2.24, 2.45) is 0 Å². The van der Waals surface area contributed by atoms with Crippen molar-refractivity contribution in [3.8, 4) is 0 Å². The normalized spacial score (nSPS) is 10.7. The number of carbonyl (C=O) groups excluding carboxylic acids is 2. The molecular formula is C22H21ClN2O3. The zero-order valence-electron chi connectivity index (χ0n) is 15.8. The van der Waals surface area contributed by atoms with E-state index in [9.17, 15) is 9.59 Å². The molecule has 0 atom stereocenters. The van der Waals surface area contributed by atoms with E-state index in [1.165, 1.54) is 11.8 Å². The van der Waals surface area contributed by atoms with E-state index in [0.717, 1.165) is 24.4 Å². The molecule has 0 unspecified atom stereocenters. The molecule has 2 aromatic heterocycles. The Morgan fingerprint density at radius 1 is 1.14 bits per heavy atom. The first-order chi connectivity index (χ1) is 13.5. The molecule has 5 nitrogen and oxygen atoms in total. The van der Waals surface area contributed by atoms with Crippen LogP contribution < -0.4 is 0 Å². The maximum absolute atomic E-state index is 12.6. The van der Waals surface area contributed by atoms with Crippen molar-refractivity contribution < 1.29 is 14.3 Å². The van der Waals surface area contributed by atoms with E-state index in [-0.39, 0.29) is 12.4 Å². The Labute approximate surface area is 168 Å². The minimum Gasteiger partial charge on any atom is -0.454 e. The summed E-state index contributed by atoms with van der Waals surface area (Å²) in [6, 6.07) is 12.8. The number of ketones is 1. The smallest absolute Gasteiger partial charge is 0.340 e. The molecule has 0 aliphatic heterocycles. The molecule has 2 heterocycles. The van der Waals surface area contributed by atoms with Crippen LogP contribution in [-0.2, 0) is 17.7 Å². The third-order valence-corrected chi connectivity index (χ3v) is 4.89. The molecule has 1 aromatic carbocycles. The van der Waals surface area contributed by atoms with Gasteiger partial charge in [0.2, 0.25) is 5.78 Å². The quantitative estimate of drug-likeness (QED) is 0.437. The number of nitrogens with zero attached hydrogens (tertiary/aromatic N) is 2. The summed E-state index contributed by atoms with van der Waals surface area (Å²) in [5, 5.41) is 0.714. The van der Waals surface area contributed by atoms with Gasteiger partial charge in [0.05, 0.1) is 5.56 Å². The molecule has 3 aromatic rings. The number of benzene rings is 1. The van der Waals surface area contributed by atoms with Crippen LogP contribution in [0.4, 0.5) is 0 Å². The predicted molar refractivity (Wildman–Crippen MR) is 108 cm³/mol. The number of aryl methyl sites for hydroxylation is 2. The Morgan fingerprint density at radius 3 is 2.57 bits per heavy atom. The Kier molecular flexibility index (Phi) is 6.26. The van der Waals surface area contributed by atoms with Crippen LogP contribution >= 0.6 is 11.6 Å². The van der Waals surface area contributed by atoms with Gasteiger partial charge in [0.1, 0.15) is 0 Å². The Balaban J connectivity index is 1.64. The number of ether oxygens (including phenoxy) is 1. The summed E-state index contributed by atoms with van der Waals surface area (Å²) >= 11 is 5.93. The van der Waals surface area contributed by atoms with Crippen molar-refractivity contribution in [2.45, 2.75) is 26.8 Å². The Morgan fingerprint density at radius 2 is 1.89 bits per heavy atom. The lowest BCUT2D eigenvalue weighted by atomic mass is 10.1. The van der Waals surface area contributed by atoms with Crippen LogP contribution in [-0.4, -0.2) is 27.9 Å². The number of Topliss-reactive ketones (excluding diaryl/α,β-unsaturated/α-hetero) is 1. The number of hydrogen-bond acceptors (Lipinski definition) is 4. The third kappa shape index (κ3) is 4.67. The lowest BCUT2D eigenvalue weighted by Gasteiger charge is -2.10. The summed E-state index contributed by atoms with van der Waals surface area (Å²) in [6.45, 7) is 4.33. The molecular weight excluding hydrogens is 376 g/mol. The van der Waals surface area contributed by atoms with Crippen LogP contribution in [0.1, 0.15) is 37.7 Å².